The van der Waals surface area contributed by atoms with Crippen LogP contribution in [-0.2, 0) is 9.59 Å². The highest BCUT2D eigenvalue weighted by Gasteiger charge is 2.37. The molecule has 4 nitrogen and oxygen atoms in total. The van der Waals surface area contributed by atoms with E-state index in [1.165, 1.54) is 25.1 Å². The third-order valence-corrected chi connectivity index (χ3v) is 5.65. The van der Waals surface area contributed by atoms with Crippen LogP contribution in [-0.4, -0.2) is 27.1 Å². The van der Waals surface area contributed by atoms with Gasteiger partial charge in [-0.05, 0) is 30.5 Å². The van der Waals surface area contributed by atoms with Gasteiger partial charge in [-0.1, -0.05) is 61.4 Å². The second-order valence-electron chi connectivity index (χ2n) is 6.11. The van der Waals surface area contributed by atoms with Crippen LogP contribution in [0.15, 0.2) is 29.2 Å². The van der Waals surface area contributed by atoms with Crippen molar-refractivity contribution in [2.75, 3.05) is 5.32 Å². The minimum atomic E-state index is -0.134. The molecule has 3 rings (SSSR count). The predicted molar refractivity (Wildman–Crippen MR) is 103 cm³/mol. The predicted octanol–water partition coefficient (Wildman–Crippen LogP) is 4.18. The summed E-state index contributed by atoms with van der Waals surface area (Å²) in [5, 5.41) is 2.80. The molecule has 0 aromatic heterocycles. The van der Waals surface area contributed by atoms with Gasteiger partial charge in [0.1, 0.15) is 4.32 Å². The molecule has 1 aliphatic heterocycles. The zero-order valence-electron chi connectivity index (χ0n) is 13.6. The van der Waals surface area contributed by atoms with Gasteiger partial charge in [0, 0.05) is 18.7 Å². The number of nitrogens with one attached hydrogen (secondary N) is 1. The lowest BCUT2D eigenvalue weighted by Crippen LogP contribution is -2.39. The van der Waals surface area contributed by atoms with Gasteiger partial charge in [-0.25, -0.2) is 0 Å². The topological polar surface area (TPSA) is 49.4 Å². The van der Waals surface area contributed by atoms with E-state index in [1.807, 2.05) is 30.3 Å². The fourth-order valence-corrected chi connectivity index (χ4v) is 4.59. The van der Waals surface area contributed by atoms with E-state index in [-0.39, 0.29) is 17.9 Å². The van der Waals surface area contributed by atoms with Crippen LogP contribution in [0.4, 0.5) is 5.69 Å². The zero-order valence-corrected chi connectivity index (χ0v) is 15.2. The molecule has 0 atom stereocenters. The summed E-state index contributed by atoms with van der Waals surface area (Å²) in [5.41, 5.74) is 1.52. The quantitative estimate of drug-likeness (QED) is 0.649. The third kappa shape index (κ3) is 3.70. The molecule has 1 heterocycles. The van der Waals surface area contributed by atoms with Crippen molar-refractivity contribution in [2.45, 2.75) is 45.1 Å². The lowest BCUT2D eigenvalue weighted by Gasteiger charge is -2.29. The number of anilines is 1. The molecule has 0 spiro atoms. The Kier molecular flexibility index (Phi) is 5.36. The molecule has 0 unspecified atom stereocenters. The Morgan fingerprint density at radius 3 is 2.71 bits per heavy atom. The first-order valence-corrected chi connectivity index (χ1v) is 9.42. The van der Waals surface area contributed by atoms with Gasteiger partial charge in [-0.2, -0.15) is 0 Å². The van der Waals surface area contributed by atoms with E-state index in [2.05, 4.69) is 5.32 Å². The van der Waals surface area contributed by atoms with Crippen molar-refractivity contribution in [1.29, 1.82) is 0 Å². The van der Waals surface area contributed by atoms with Crippen molar-refractivity contribution < 1.29 is 9.59 Å². The van der Waals surface area contributed by atoms with Gasteiger partial charge < -0.3 is 5.32 Å². The van der Waals surface area contributed by atoms with Gasteiger partial charge in [0.05, 0.1) is 4.91 Å². The fourth-order valence-electron chi connectivity index (χ4n) is 3.20. The molecule has 2 fully saturated rings. The van der Waals surface area contributed by atoms with Gasteiger partial charge in [-0.3, -0.25) is 14.5 Å². The lowest BCUT2D eigenvalue weighted by atomic mass is 9.94. The van der Waals surface area contributed by atoms with Crippen molar-refractivity contribution in [2.24, 2.45) is 0 Å². The zero-order chi connectivity index (χ0) is 17.1. The van der Waals surface area contributed by atoms with Crippen LogP contribution in [0.3, 0.4) is 0 Å². The number of thiocarbonyl (C=S) groups is 1. The molecule has 2 aliphatic rings. The molecule has 1 aromatic carbocycles. The van der Waals surface area contributed by atoms with Crippen molar-refractivity contribution in [3.05, 3.63) is 34.7 Å². The Bertz CT molecular complexity index is 709. The number of amides is 2. The summed E-state index contributed by atoms with van der Waals surface area (Å²) in [6.07, 6.45) is 7.45. The van der Waals surface area contributed by atoms with Crippen LogP contribution in [0.1, 0.15) is 44.6 Å². The van der Waals surface area contributed by atoms with Crippen LogP contribution in [0, 0.1) is 0 Å². The number of thioether (sulfide) groups is 1. The van der Waals surface area contributed by atoms with E-state index in [9.17, 15) is 9.59 Å². The fraction of sp³-hybridized carbons (Fsp3) is 0.389. The first kappa shape index (κ1) is 17.2. The van der Waals surface area contributed by atoms with Crippen LogP contribution in [0.25, 0.3) is 6.08 Å². The Labute approximate surface area is 151 Å². The summed E-state index contributed by atoms with van der Waals surface area (Å²) >= 11 is 6.81. The number of para-hydroxylation sites is 1. The maximum atomic E-state index is 12.8. The van der Waals surface area contributed by atoms with Gasteiger partial charge >= 0.3 is 0 Å². The summed E-state index contributed by atoms with van der Waals surface area (Å²) in [4.78, 5) is 26.6. The Balaban J connectivity index is 1.85. The number of carbonyl (C=O) groups is 2. The highest BCUT2D eigenvalue weighted by Crippen LogP contribution is 2.37. The van der Waals surface area contributed by atoms with Crippen molar-refractivity contribution in [1.82, 2.24) is 4.90 Å². The summed E-state index contributed by atoms with van der Waals surface area (Å²) in [7, 11) is 0. The third-order valence-electron chi connectivity index (χ3n) is 4.32. The maximum Gasteiger partial charge on any atom is 0.266 e. The van der Waals surface area contributed by atoms with Crippen molar-refractivity contribution in [3.8, 4) is 0 Å². The average molecular weight is 361 g/mol. The Morgan fingerprint density at radius 2 is 2.00 bits per heavy atom. The molecule has 1 saturated carbocycles. The van der Waals surface area contributed by atoms with Crippen LogP contribution < -0.4 is 5.32 Å². The molecule has 1 aromatic rings. The number of hydrogen-bond acceptors (Lipinski definition) is 4. The van der Waals surface area contributed by atoms with Crippen LogP contribution in [0.2, 0.25) is 0 Å². The van der Waals surface area contributed by atoms with Gasteiger partial charge in [0.2, 0.25) is 5.91 Å². The first-order valence-electron chi connectivity index (χ1n) is 8.20. The van der Waals surface area contributed by atoms with Crippen LogP contribution in [0.5, 0.6) is 0 Å². The molecule has 1 N–H and O–H groups in total. The standard InChI is InChI=1S/C18H20N2O2S2/c1-12(21)19-15-10-6-5-7-13(15)11-16-17(22)20(18(23)24-16)14-8-3-2-4-9-14/h5-7,10-11,14H,2-4,8-9H2,1H3,(H,19,21). The van der Waals surface area contributed by atoms with E-state index >= 15 is 0 Å². The molecular weight excluding hydrogens is 340 g/mol. The van der Waals surface area contributed by atoms with Crippen molar-refractivity contribution >= 4 is 51.9 Å². The molecule has 2 amide bonds. The van der Waals surface area contributed by atoms with Gasteiger partial charge in [0.25, 0.3) is 5.91 Å². The van der Waals surface area contributed by atoms with E-state index in [0.29, 0.717) is 14.9 Å². The highest BCUT2D eigenvalue weighted by molar-refractivity contribution is 8.26. The number of rotatable bonds is 3. The molecular formula is C18H20N2O2S2. The molecule has 126 valence electrons. The molecule has 1 saturated heterocycles. The minimum absolute atomic E-state index is 0.00507. The molecule has 0 radical (unpaired) electrons. The van der Waals surface area contributed by atoms with E-state index in [0.717, 1.165) is 31.2 Å². The monoisotopic (exact) mass is 360 g/mol. The van der Waals surface area contributed by atoms with Crippen LogP contribution >= 0.6 is 24.0 Å². The van der Waals surface area contributed by atoms with Gasteiger partial charge in [-0.15, -0.1) is 0 Å². The lowest BCUT2D eigenvalue weighted by molar-refractivity contribution is -0.124. The van der Waals surface area contributed by atoms with Crippen molar-refractivity contribution in [3.63, 3.8) is 0 Å². The molecule has 6 heteroatoms. The maximum absolute atomic E-state index is 12.8. The Morgan fingerprint density at radius 1 is 1.29 bits per heavy atom. The summed E-state index contributed by atoms with van der Waals surface area (Å²) < 4.78 is 0.648. The first-order chi connectivity index (χ1) is 11.6. The van der Waals surface area contributed by atoms with E-state index < -0.39 is 0 Å². The SMILES string of the molecule is CC(=O)Nc1ccccc1C=C1SC(=S)N(C2CCCCC2)C1=O. The molecule has 24 heavy (non-hydrogen) atoms. The second-order valence-corrected chi connectivity index (χ2v) is 7.79. The Hall–Kier alpha value is -1.66. The van der Waals surface area contributed by atoms with E-state index in [1.54, 1.807) is 4.90 Å². The molecule has 0 bridgehead atoms. The number of nitrogens with zero attached hydrogens (tertiary/aromatic N) is 1. The van der Waals surface area contributed by atoms with Gasteiger partial charge in [0.15, 0.2) is 0 Å². The summed E-state index contributed by atoms with van der Waals surface area (Å²) in [6.45, 7) is 1.47. The minimum Gasteiger partial charge on any atom is -0.326 e. The summed E-state index contributed by atoms with van der Waals surface area (Å²) in [5.74, 6) is -0.139. The second kappa shape index (κ2) is 7.49. The van der Waals surface area contributed by atoms with E-state index in [4.69, 9.17) is 12.2 Å². The highest BCUT2D eigenvalue weighted by atomic mass is 32.2. The normalized spacial score (nSPS) is 20.7. The smallest absolute Gasteiger partial charge is 0.266 e. The largest absolute Gasteiger partial charge is 0.326 e. The average Bonchev–Trinajstić information content (AvgIpc) is 2.83. The molecule has 1 aliphatic carbocycles. The number of hydrogen-bond donors (Lipinski definition) is 1. The number of benzene rings is 1. The summed E-state index contributed by atoms with van der Waals surface area (Å²) in [6, 6.07) is 7.70. The number of carbonyl (C=O) groups excluding carboxylic acids is 2.